The number of nitrogens with two attached hydrogens (primary N) is 1. The van der Waals surface area contributed by atoms with Crippen molar-refractivity contribution in [1.82, 2.24) is 0 Å². The fraction of sp³-hybridized carbons (Fsp3) is 0.143. The summed E-state index contributed by atoms with van der Waals surface area (Å²) in [6.07, 6.45) is 0. The van der Waals surface area contributed by atoms with Crippen LogP contribution in [0.15, 0.2) is 36.4 Å². The van der Waals surface area contributed by atoms with E-state index in [2.05, 4.69) is 0 Å². The Morgan fingerprint density at radius 2 is 1.58 bits per heavy atom. The summed E-state index contributed by atoms with van der Waals surface area (Å²) >= 11 is 0. The lowest BCUT2D eigenvalue weighted by Crippen LogP contribution is -2.02. The maximum absolute atomic E-state index is 13.4. The molecule has 0 atom stereocenters. The molecule has 19 heavy (non-hydrogen) atoms. The second-order valence-corrected chi connectivity index (χ2v) is 3.98. The van der Waals surface area contributed by atoms with E-state index in [1.165, 1.54) is 18.2 Å². The molecule has 100 valence electrons. The highest BCUT2D eigenvalue weighted by Gasteiger charge is 2.06. The van der Waals surface area contributed by atoms with Crippen LogP contribution in [0.5, 0.6) is 5.75 Å². The summed E-state index contributed by atoms with van der Waals surface area (Å²) in [5, 5.41) is 0. The predicted octanol–water partition coefficient (Wildman–Crippen LogP) is 3.14. The highest BCUT2D eigenvalue weighted by atomic mass is 19.1. The van der Waals surface area contributed by atoms with Crippen molar-refractivity contribution < 1.29 is 17.9 Å². The predicted molar refractivity (Wildman–Crippen MR) is 65.0 cm³/mol. The molecule has 2 rings (SSSR count). The first-order valence-electron chi connectivity index (χ1n) is 5.65. The summed E-state index contributed by atoms with van der Waals surface area (Å²) in [5.41, 5.74) is 5.91. The lowest BCUT2D eigenvalue weighted by atomic mass is 10.2. The standard InChI is InChI=1S/C14H12F3NO/c15-11-3-1-10(13(16)5-11)8-19-12-4-2-9(7-18)14(17)6-12/h1-6H,7-8,18H2. The third-order valence-electron chi connectivity index (χ3n) is 2.65. The smallest absolute Gasteiger partial charge is 0.132 e. The van der Waals surface area contributed by atoms with Crippen LogP contribution in [0.3, 0.4) is 0 Å². The van der Waals surface area contributed by atoms with E-state index in [1.807, 2.05) is 0 Å². The minimum absolute atomic E-state index is 0.0959. The topological polar surface area (TPSA) is 35.2 Å². The molecule has 5 heteroatoms. The maximum atomic E-state index is 13.4. The van der Waals surface area contributed by atoms with Gasteiger partial charge in [-0.05, 0) is 18.2 Å². The number of ether oxygens (including phenoxy) is 1. The molecule has 0 spiro atoms. The summed E-state index contributed by atoms with van der Waals surface area (Å²) in [5.74, 6) is -1.56. The molecule has 0 fully saturated rings. The SMILES string of the molecule is NCc1ccc(OCc2ccc(F)cc2F)cc1F. The van der Waals surface area contributed by atoms with Crippen LogP contribution in [-0.4, -0.2) is 0 Å². The van der Waals surface area contributed by atoms with Gasteiger partial charge in [-0.25, -0.2) is 13.2 Å². The Balaban J connectivity index is 2.08. The molecular weight excluding hydrogens is 255 g/mol. The van der Waals surface area contributed by atoms with Gasteiger partial charge in [0.25, 0.3) is 0 Å². The zero-order chi connectivity index (χ0) is 13.8. The minimum Gasteiger partial charge on any atom is -0.489 e. The first-order chi connectivity index (χ1) is 9.10. The van der Waals surface area contributed by atoms with Crippen LogP contribution >= 0.6 is 0 Å². The maximum Gasteiger partial charge on any atom is 0.132 e. The van der Waals surface area contributed by atoms with Crippen molar-refractivity contribution in [2.24, 2.45) is 5.73 Å². The molecule has 2 aromatic rings. The van der Waals surface area contributed by atoms with Gasteiger partial charge in [-0.1, -0.05) is 6.07 Å². The van der Waals surface area contributed by atoms with Gasteiger partial charge in [0.2, 0.25) is 0 Å². The third-order valence-corrected chi connectivity index (χ3v) is 2.65. The first-order valence-corrected chi connectivity index (χ1v) is 5.65. The molecule has 2 nitrogen and oxygen atoms in total. The van der Waals surface area contributed by atoms with Crippen LogP contribution in [0.4, 0.5) is 13.2 Å². The molecule has 0 heterocycles. The largest absolute Gasteiger partial charge is 0.489 e. The Kier molecular flexibility index (Phi) is 4.06. The van der Waals surface area contributed by atoms with E-state index in [4.69, 9.17) is 10.5 Å². The Hall–Kier alpha value is -2.01. The number of hydrogen-bond acceptors (Lipinski definition) is 2. The Morgan fingerprint density at radius 3 is 2.21 bits per heavy atom. The second-order valence-electron chi connectivity index (χ2n) is 3.98. The van der Waals surface area contributed by atoms with Crippen molar-refractivity contribution in [1.29, 1.82) is 0 Å². The molecule has 0 unspecified atom stereocenters. The van der Waals surface area contributed by atoms with Gasteiger partial charge in [-0.2, -0.15) is 0 Å². The van der Waals surface area contributed by atoms with Crippen LogP contribution in [-0.2, 0) is 13.2 Å². The molecule has 0 bridgehead atoms. The molecule has 0 aliphatic heterocycles. The Labute approximate surface area is 108 Å². The summed E-state index contributed by atoms with van der Waals surface area (Å²) < 4.78 is 44.7. The van der Waals surface area contributed by atoms with Gasteiger partial charge < -0.3 is 10.5 Å². The van der Waals surface area contributed by atoms with E-state index in [0.29, 0.717) is 5.56 Å². The Morgan fingerprint density at radius 1 is 0.895 bits per heavy atom. The van der Waals surface area contributed by atoms with Gasteiger partial charge in [-0.15, -0.1) is 0 Å². The lowest BCUT2D eigenvalue weighted by Gasteiger charge is -2.08. The van der Waals surface area contributed by atoms with Crippen molar-refractivity contribution in [3.05, 3.63) is 65.0 Å². The van der Waals surface area contributed by atoms with Crippen LogP contribution < -0.4 is 10.5 Å². The summed E-state index contributed by atoms with van der Waals surface area (Å²) in [6.45, 7) is -0.00771. The highest BCUT2D eigenvalue weighted by Crippen LogP contribution is 2.18. The van der Waals surface area contributed by atoms with E-state index in [9.17, 15) is 13.2 Å². The zero-order valence-corrected chi connectivity index (χ0v) is 10.00. The monoisotopic (exact) mass is 267 g/mol. The van der Waals surface area contributed by atoms with E-state index < -0.39 is 17.5 Å². The molecule has 0 saturated heterocycles. The van der Waals surface area contributed by atoms with E-state index in [0.717, 1.165) is 12.1 Å². The van der Waals surface area contributed by atoms with Gasteiger partial charge >= 0.3 is 0 Å². The lowest BCUT2D eigenvalue weighted by molar-refractivity contribution is 0.297. The van der Waals surface area contributed by atoms with Crippen molar-refractivity contribution >= 4 is 0 Å². The van der Waals surface area contributed by atoms with Crippen LogP contribution in [0.2, 0.25) is 0 Å². The molecule has 0 aliphatic carbocycles. The molecule has 0 amide bonds. The molecule has 2 aromatic carbocycles. The molecule has 0 aliphatic rings. The van der Waals surface area contributed by atoms with Gasteiger partial charge in [0.15, 0.2) is 0 Å². The van der Waals surface area contributed by atoms with Gasteiger partial charge in [0.1, 0.15) is 29.8 Å². The van der Waals surface area contributed by atoms with Gasteiger partial charge in [0.05, 0.1) is 0 Å². The number of benzene rings is 2. The van der Waals surface area contributed by atoms with E-state index in [-0.39, 0.29) is 24.5 Å². The summed E-state index contributed by atoms with van der Waals surface area (Å²) in [6, 6.07) is 7.44. The molecular formula is C14H12F3NO. The van der Waals surface area contributed by atoms with Gasteiger partial charge in [0, 0.05) is 29.8 Å². The number of halogens is 3. The quantitative estimate of drug-likeness (QED) is 0.923. The fourth-order valence-corrected chi connectivity index (χ4v) is 1.58. The zero-order valence-electron chi connectivity index (χ0n) is 10.00. The van der Waals surface area contributed by atoms with Crippen molar-refractivity contribution in [2.45, 2.75) is 13.2 Å². The summed E-state index contributed by atoms with van der Waals surface area (Å²) in [7, 11) is 0. The minimum atomic E-state index is -0.695. The van der Waals surface area contributed by atoms with Crippen LogP contribution in [0.25, 0.3) is 0 Å². The average Bonchev–Trinajstić information content (AvgIpc) is 2.38. The van der Waals surface area contributed by atoms with Crippen LogP contribution in [0.1, 0.15) is 11.1 Å². The van der Waals surface area contributed by atoms with Crippen molar-refractivity contribution in [2.75, 3.05) is 0 Å². The Bertz CT molecular complexity index is 587. The van der Waals surface area contributed by atoms with Crippen molar-refractivity contribution in [3.63, 3.8) is 0 Å². The highest BCUT2D eigenvalue weighted by molar-refractivity contribution is 5.29. The average molecular weight is 267 g/mol. The molecule has 0 saturated carbocycles. The summed E-state index contributed by atoms with van der Waals surface area (Å²) in [4.78, 5) is 0. The van der Waals surface area contributed by atoms with E-state index >= 15 is 0 Å². The second kappa shape index (κ2) is 5.75. The van der Waals surface area contributed by atoms with Crippen LogP contribution in [0, 0.1) is 17.5 Å². The molecule has 0 aromatic heterocycles. The number of rotatable bonds is 4. The normalized spacial score (nSPS) is 10.5. The van der Waals surface area contributed by atoms with Gasteiger partial charge in [-0.3, -0.25) is 0 Å². The number of hydrogen-bond donors (Lipinski definition) is 1. The van der Waals surface area contributed by atoms with Crippen molar-refractivity contribution in [3.8, 4) is 5.75 Å². The first kappa shape index (κ1) is 13.4. The third kappa shape index (κ3) is 3.26. The fourth-order valence-electron chi connectivity index (χ4n) is 1.58. The van der Waals surface area contributed by atoms with E-state index in [1.54, 1.807) is 6.07 Å². The molecule has 0 radical (unpaired) electrons. The molecule has 2 N–H and O–H groups in total.